The number of rotatable bonds is 6. The standard InChI is InChI=1S/C15H23NO3/c1-18-14-6-5-7-15(10-14)19-12-13(17)11-16-8-3-2-4-9-16/h5-7,10,13,17H,2-4,8-9,11-12H2,1H3/t13-/m0/s1. The largest absolute Gasteiger partial charge is 0.497 e. The van der Waals surface area contributed by atoms with E-state index in [4.69, 9.17) is 9.47 Å². The molecular formula is C15H23NO3. The van der Waals surface area contributed by atoms with Crippen molar-refractivity contribution in [2.45, 2.75) is 25.4 Å². The van der Waals surface area contributed by atoms with Crippen molar-refractivity contribution in [2.24, 2.45) is 0 Å². The fourth-order valence-electron chi connectivity index (χ4n) is 2.38. The van der Waals surface area contributed by atoms with Crippen molar-refractivity contribution >= 4 is 0 Å². The second kappa shape index (κ2) is 7.36. The molecule has 0 unspecified atom stereocenters. The lowest BCUT2D eigenvalue weighted by Crippen LogP contribution is -2.38. The molecule has 0 radical (unpaired) electrons. The molecule has 2 rings (SSSR count). The van der Waals surface area contributed by atoms with Crippen LogP contribution in [0.25, 0.3) is 0 Å². The van der Waals surface area contributed by atoms with E-state index in [1.807, 2.05) is 24.3 Å². The zero-order valence-corrected chi connectivity index (χ0v) is 11.5. The van der Waals surface area contributed by atoms with Crippen LogP contribution in [0.2, 0.25) is 0 Å². The zero-order valence-electron chi connectivity index (χ0n) is 11.5. The first kappa shape index (κ1) is 14.2. The summed E-state index contributed by atoms with van der Waals surface area (Å²) >= 11 is 0. The topological polar surface area (TPSA) is 41.9 Å². The maximum atomic E-state index is 9.99. The van der Waals surface area contributed by atoms with Gasteiger partial charge in [0.05, 0.1) is 7.11 Å². The number of likely N-dealkylation sites (tertiary alicyclic amines) is 1. The highest BCUT2D eigenvalue weighted by atomic mass is 16.5. The monoisotopic (exact) mass is 265 g/mol. The van der Waals surface area contributed by atoms with Crippen molar-refractivity contribution in [3.63, 3.8) is 0 Å². The summed E-state index contributed by atoms with van der Waals surface area (Å²) in [5.41, 5.74) is 0. The van der Waals surface area contributed by atoms with Gasteiger partial charge in [-0.05, 0) is 38.1 Å². The van der Waals surface area contributed by atoms with Crippen molar-refractivity contribution in [3.05, 3.63) is 24.3 Å². The molecule has 0 aliphatic carbocycles. The normalized spacial score (nSPS) is 18.0. The Bertz CT molecular complexity index is 377. The molecule has 1 saturated heterocycles. The number of methoxy groups -OCH3 is 1. The second-order valence-corrected chi connectivity index (χ2v) is 5.01. The molecule has 1 heterocycles. The van der Waals surface area contributed by atoms with Crippen LogP contribution < -0.4 is 9.47 Å². The lowest BCUT2D eigenvalue weighted by atomic mass is 10.1. The third-order valence-electron chi connectivity index (χ3n) is 3.40. The third kappa shape index (κ3) is 4.73. The Labute approximate surface area is 114 Å². The van der Waals surface area contributed by atoms with Crippen LogP contribution in [-0.4, -0.2) is 49.5 Å². The number of β-amino-alcohol motifs (C(OH)–C–C–N with tert-alkyl or cyclic N) is 1. The predicted molar refractivity (Wildman–Crippen MR) is 74.8 cm³/mol. The van der Waals surface area contributed by atoms with Crippen LogP contribution in [0.3, 0.4) is 0 Å². The highest BCUT2D eigenvalue weighted by molar-refractivity contribution is 5.32. The van der Waals surface area contributed by atoms with Gasteiger partial charge < -0.3 is 19.5 Å². The summed E-state index contributed by atoms with van der Waals surface area (Å²) in [5, 5.41) is 9.99. The Morgan fingerprint density at radius 2 is 1.95 bits per heavy atom. The molecule has 0 spiro atoms. The Balaban J connectivity index is 1.74. The summed E-state index contributed by atoms with van der Waals surface area (Å²) in [7, 11) is 1.63. The zero-order chi connectivity index (χ0) is 13.5. The van der Waals surface area contributed by atoms with Crippen LogP contribution >= 0.6 is 0 Å². The molecule has 106 valence electrons. The summed E-state index contributed by atoms with van der Waals surface area (Å²) < 4.78 is 10.7. The number of nitrogens with zero attached hydrogens (tertiary/aromatic N) is 1. The number of hydrogen-bond acceptors (Lipinski definition) is 4. The van der Waals surface area contributed by atoms with Gasteiger partial charge in [0, 0.05) is 12.6 Å². The van der Waals surface area contributed by atoms with Gasteiger partial charge in [-0.2, -0.15) is 0 Å². The van der Waals surface area contributed by atoms with Crippen LogP contribution in [0, 0.1) is 0 Å². The van der Waals surface area contributed by atoms with Crippen LogP contribution in [0.15, 0.2) is 24.3 Å². The van der Waals surface area contributed by atoms with Crippen molar-refractivity contribution in [2.75, 3.05) is 33.4 Å². The maximum absolute atomic E-state index is 9.99. The van der Waals surface area contributed by atoms with Gasteiger partial charge in [0.25, 0.3) is 0 Å². The number of hydrogen-bond donors (Lipinski definition) is 1. The van der Waals surface area contributed by atoms with Crippen LogP contribution in [-0.2, 0) is 0 Å². The van der Waals surface area contributed by atoms with E-state index in [2.05, 4.69) is 4.90 Å². The molecule has 1 aliphatic rings. The van der Waals surface area contributed by atoms with Gasteiger partial charge in [0.2, 0.25) is 0 Å². The first-order valence-corrected chi connectivity index (χ1v) is 6.95. The highest BCUT2D eigenvalue weighted by Gasteiger charge is 2.15. The smallest absolute Gasteiger partial charge is 0.123 e. The highest BCUT2D eigenvalue weighted by Crippen LogP contribution is 2.19. The van der Waals surface area contributed by atoms with Gasteiger partial charge >= 0.3 is 0 Å². The lowest BCUT2D eigenvalue weighted by molar-refractivity contribution is 0.0616. The molecule has 1 aromatic rings. The molecule has 0 amide bonds. The molecule has 1 aromatic carbocycles. The Morgan fingerprint density at radius 1 is 1.21 bits per heavy atom. The van der Waals surface area contributed by atoms with E-state index < -0.39 is 6.10 Å². The minimum atomic E-state index is -0.440. The molecule has 0 bridgehead atoms. The van der Waals surface area contributed by atoms with Crippen LogP contribution in [0.4, 0.5) is 0 Å². The minimum Gasteiger partial charge on any atom is -0.497 e. The first-order valence-electron chi connectivity index (χ1n) is 6.95. The molecule has 1 fully saturated rings. The number of ether oxygens (including phenoxy) is 2. The lowest BCUT2D eigenvalue weighted by Gasteiger charge is -2.28. The van der Waals surface area contributed by atoms with Crippen molar-refractivity contribution in [1.82, 2.24) is 4.90 Å². The van der Waals surface area contributed by atoms with Crippen LogP contribution in [0.5, 0.6) is 11.5 Å². The van der Waals surface area contributed by atoms with E-state index in [0.717, 1.165) is 24.6 Å². The molecule has 0 aromatic heterocycles. The van der Waals surface area contributed by atoms with Crippen molar-refractivity contribution in [3.8, 4) is 11.5 Å². The van der Waals surface area contributed by atoms with E-state index in [9.17, 15) is 5.11 Å². The molecule has 1 aliphatic heterocycles. The molecule has 1 N–H and O–H groups in total. The van der Waals surface area contributed by atoms with E-state index >= 15 is 0 Å². The average Bonchev–Trinajstić information content (AvgIpc) is 2.46. The number of piperidine rings is 1. The first-order chi connectivity index (χ1) is 9.28. The summed E-state index contributed by atoms with van der Waals surface area (Å²) in [5.74, 6) is 1.50. The van der Waals surface area contributed by atoms with E-state index in [0.29, 0.717) is 13.2 Å². The van der Waals surface area contributed by atoms with Crippen molar-refractivity contribution < 1.29 is 14.6 Å². The van der Waals surface area contributed by atoms with Gasteiger partial charge in [0.15, 0.2) is 0 Å². The summed E-state index contributed by atoms with van der Waals surface area (Å²) in [4.78, 5) is 2.31. The molecule has 1 atom stereocenters. The molecule has 0 saturated carbocycles. The van der Waals surface area contributed by atoms with Gasteiger partial charge in [-0.15, -0.1) is 0 Å². The molecule has 4 nitrogen and oxygen atoms in total. The van der Waals surface area contributed by atoms with Gasteiger partial charge in [-0.25, -0.2) is 0 Å². The SMILES string of the molecule is COc1cccc(OC[C@@H](O)CN2CCCCC2)c1. The van der Waals surface area contributed by atoms with Gasteiger partial charge in [0.1, 0.15) is 24.2 Å². The number of aliphatic hydroxyl groups is 1. The molecule has 4 heteroatoms. The maximum Gasteiger partial charge on any atom is 0.123 e. The van der Waals surface area contributed by atoms with E-state index in [1.165, 1.54) is 19.3 Å². The average molecular weight is 265 g/mol. The van der Waals surface area contributed by atoms with Crippen molar-refractivity contribution in [1.29, 1.82) is 0 Å². The van der Waals surface area contributed by atoms with Gasteiger partial charge in [-0.1, -0.05) is 12.5 Å². The summed E-state index contributed by atoms with van der Waals surface area (Å²) in [6, 6.07) is 7.45. The third-order valence-corrected chi connectivity index (χ3v) is 3.40. The Morgan fingerprint density at radius 3 is 2.68 bits per heavy atom. The number of aliphatic hydroxyl groups excluding tert-OH is 1. The minimum absolute atomic E-state index is 0.323. The molecule has 19 heavy (non-hydrogen) atoms. The van der Waals surface area contributed by atoms with E-state index in [1.54, 1.807) is 7.11 Å². The fourth-order valence-corrected chi connectivity index (χ4v) is 2.38. The quantitative estimate of drug-likeness (QED) is 0.853. The second-order valence-electron chi connectivity index (χ2n) is 5.01. The van der Waals surface area contributed by atoms with Gasteiger partial charge in [-0.3, -0.25) is 0 Å². The predicted octanol–water partition coefficient (Wildman–Crippen LogP) is 1.92. The Hall–Kier alpha value is -1.26. The summed E-state index contributed by atoms with van der Waals surface area (Å²) in [6.45, 7) is 3.21. The Kier molecular flexibility index (Phi) is 5.48. The molecular weight excluding hydrogens is 242 g/mol. The van der Waals surface area contributed by atoms with Crippen LogP contribution in [0.1, 0.15) is 19.3 Å². The number of benzene rings is 1. The van der Waals surface area contributed by atoms with E-state index in [-0.39, 0.29) is 0 Å². The summed E-state index contributed by atoms with van der Waals surface area (Å²) in [6.07, 6.45) is 3.35. The fraction of sp³-hybridized carbons (Fsp3) is 0.600.